The number of carbonyl (C=O) groups excluding carboxylic acids is 1. The summed E-state index contributed by atoms with van der Waals surface area (Å²) in [5.74, 6) is 2.06. The minimum atomic E-state index is -6.00. The second-order valence-corrected chi connectivity index (χ2v) is 12.7. The molecule has 0 fully saturated rings. The van der Waals surface area contributed by atoms with Gasteiger partial charge in [0.15, 0.2) is 4.90 Å². The van der Waals surface area contributed by atoms with Crippen LogP contribution in [0.1, 0.15) is 140 Å². The highest BCUT2D eigenvalue weighted by molar-refractivity contribution is 7.97. The molecular weight excluding hydrogens is 547 g/mol. The minimum absolute atomic E-state index is 0.0635. The fraction of sp³-hybridized carbons (Fsp3) is 0.767. The Labute approximate surface area is 243 Å². The van der Waals surface area contributed by atoms with Gasteiger partial charge in [0.2, 0.25) is 0 Å². The summed E-state index contributed by atoms with van der Waals surface area (Å²) >= 11 is 6.30. The predicted molar refractivity (Wildman–Crippen MR) is 163 cm³/mol. The fourth-order valence-electron chi connectivity index (χ4n) is 4.51. The third-order valence-corrected chi connectivity index (χ3v) is 9.32. The average Bonchev–Trinajstić information content (AvgIpc) is 2.87. The summed E-state index contributed by atoms with van der Waals surface area (Å²) in [6, 6.07) is 5.65. The van der Waals surface area contributed by atoms with Crippen LogP contribution >= 0.6 is 11.6 Å². The zero-order chi connectivity index (χ0) is 29.4. The van der Waals surface area contributed by atoms with Crippen LogP contribution in [0.15, 0.2) is 23.1 Å². The second kappa shape index (κ2) is 24.9. The van der Waals surface area contributed by atoms with Crippen LogP contribution in [0.3, 0.4) is 0 Å². The highest BCUT2D eigenvalue weighted by Crippen LogP contribution is 2.26. The van der Waals surface area contributed by atoms with E-state index in [1.807, 2.05) is 19.1 Å². The number of ether oxygens (including phenoxy) is 1. The van der Waals surface area contributed by atoms with Crippen molar-refractivity contribution in [2.24, 2.45) is 0 Å². The Bertz CT molecular complexity index is 731. The molecule has 39 heavy (non-hydrogen) atoms. The van der Waals surface area contributed by atoms with E-state index >= 15 is 0 Å². The standard InChI is InChI=1S/C30H52ClO2S.BF4/c1-4-7-8-9-10-11-12-13-14-15-16-17-18-19-20-21-25-34(24-5-2)29-26-27(31)22-23-28(29)30(32)33-6-3;2-1(3,4)5/h22-23,26H,4-21,24-25H2,1-3H3;/q+1;-1. The van der Waals surface area contributed by atoms with Gasteiger partial charge in [-0.1, -0.05) is 115 Å². The first-order valence-electron chi connectivity index (χ1n) is 15.1. The molecule has 228 valence electrons. The van der Waals surface area contributed by atoms with Crippen molar-refractivity contribution in [2.75, 3.05) is 18.1 Å². The SMILES string of the molecule is CCCCCCCCCCCCCCCCCC[S+](CCC)c1cc(Cl)ccc1C(=O)OCC.F[B-](F)(F)F. The molecule has 1 rings (SSSR count). The molecule has 0 spiro atoms. The number of halogens is 5. The van der Waals surface area contributed by atoms with Crippen molar-refractivity contribution in [3.05, 3.63) is 28.8 Å². The van der Waals surface area contributed by atoms with Gasteiger partial charge in [-0.2, -0.15) is 0 Å². The number of hydrogen-bond donors (Lipinski definition) is 0. The van der Waals surface area contributed by atoms with Crippen molar-refractivity contribution < 1.29 is 26.8 Å². The zero-order valence-corrected chi connectivity index (χ0v) is 26.1. The van der Waals surface area contributed by atoms with Crippen molar-refractivity contribution in [3.63, 3.8) is 0 Å². The lowest BCUT2D eigenvalue weighted by atomic mass is 10.0. The number of esters is 1. The molecule has 0 aliphatic rings. The first kappa shape index (κ1) is 38.1. The normalized spacial score (nSPS) is 12.1. The first-order valence-corrected chi connectivity index (χ1v) is 17.1. The minimum Gasteiger partial charge on any atom is -0.462 e. The zero-order valence-electron chi connectivity index (χ0n) is 24.6. The maximum atomic E-state index is 12.4. The molecule has 2 nitrogen and oxygen atoms in total. The Morgan fingerprint density at radius 1 is 0.718 bits per heavy atom. The number of benzene rings is 1. The first-order chi connectivity index (χ1) is 18.6. The molecule has 0 radical (unpaired) electrons. The third-order valence-electron chi connectivity index (χ3n) is 6.44. The smallest absolute Gasteiger partial charge is 0.462 e. The van der Waals surface area contributed by atoms with Gasteiger partial charge >= 0.3 is 13.2 Å². The van der Waals surface area contributed by atoms with Crippen molar-refractivity contribution in [2.45, 2.75) is 135 Å². The van der Waals surface area contributed by atoms with Crippen molar-refractivity contribution >= 4 is 35.7 Å². The van der Waals surface area contributed by atoms with E-state index < -0.39 is 7.25 Å². The van der Waals surface area contributed by atoms with Gasteiger partial charge in [0.1, 0.15) is 17.1 Å². The summed E-state index contributed by atoms with van der Waals surface area (Å²) in [5.41, 5.74) is 0.708. The molecular formula is C30H52BClF4O2S. The van der Waals surface area contributed by atoms with Crippen LogP contribution in [0.2, 0.25) is 5.02 Å². The summed E-state index contributed by atoms with van der Waals surface area (Å²) in [7, 11) is -5.94. The average molecular weight is 599 g/mol. The van der Waals surface area contributed by atoms with Gasteiger partial charge < -0.3 is 22.0 Å². The molecule has 0 aliphatic heterocycles. The molecule has 1 unspecified atom stereocenters. The van der Waals surface area contributed by atoms with Crippen molar-refractivity contribution in [1.29, 1.82) is 0 Å². The van der Waals surface area contributed by atoms with E-state index in [2.05, 4.69) is 13.8 Å². The Hall–Kier alpha value is -0.885. The lowest BCUT2D eigenvalue weighted by Crippen LogP contribution is -2.18. The van der Waals surface area contributed by atoms with Gasteiger partial charge in [0.25, 0.3) is 0 Å². The summed E-state index contributed by atoms with van der Waals surface area (Å²) < 4.78 is 44.3. The topological polar surface area (TPSA) is 26.3 Å². The third kappa shape index (κ3) is 23.5. The molecule has 0 heterocycles. The van der Waals surface area contributed by atoms with Crippen LogP contribution < -0.4 is 0 Å². The van der Waals surface area contributed by atoms with Gasteiger partial charge in [0.05, 0.1) is 6.61 Å². The van der Waals surface area contributed by atoms with Gasteiger partial charge in [0, 0.05) is 22.0 Å². The van der Waals surface area contributed by atoms with Crippen molar-refractivity contribution in [1.82, 2.24) is 0 Å². The quantitative estimate of drug-likeness (QED) is 0.0436. The molecule has 0 saturated carbocycles. The van der Waals surface area contributed by atoms with Gasteiger partial charge in [-0.3, -0.25) is 0 Å². The number of rotatable bonds is 22. The molecule has 1 aromatic rings. The lowest BCUT2D eigenvalue weighted by molar-refractivity contribution is 0.0522. The van der Waals surface area contributed by atoms with Gasteiger partial charge in [-0.15, -0.1) is 0 Å². The number of carbonyl (C=O) groups is 1. The number of unbranched alkanes of at least 4 members (excludes halogenated alkanes) is 15. The highest BCUT2D eigenvalue weighted by atomic mass is 35.5. The Morgan fingerprint density at radius 3 is 1.56 bits per heavy atom. The molecule has 9 heteroatoms. The van der Waals surface area contributed by atoms with E-state index in [-0.39, 0.29) is 16.9 Å². The number of hydrogen-bond acceptors (Lipinski definition) is 2. The molecule has 0 aliphatic carbocycles. The van der Waals surface area contributed by atoms with E-state index in [1.54, 1.807) is 6.07 Å². The lowest BCUT2D eigenvalue weighted by Gasteiger charge is -2.12. The van der Waals surface area contributed by atoms with Crippen LogP contribution in [-0.2, 0) is 15.6 Å². The van der Waals surface area contributed by atoms with Crippen molar-refractivity contribution in [3.8, 4) is 0 Å². The van der Waals surface area contributed by atoms with E-state index in [1.165, 1.54) is 103 Å². The van der Waals surface area contributed by atoms with Crippen LogP contribution in [-0.4, -0.2) is 31.3 Å². The molecule has 0 aromatic heterocycles. The Balaban J connectivity index is 0.00000263. The van der Waals surface area contributed by atoms with E-state index in [0.717, 1.165) is 22.8 Å². The van der Waals surface area contributed by atoms with E-state index in [9.17, 15) is 22.1 Å². The van der Waals surface area contributed by atoms with Crippen LogP contribution in [0.5, 0.6) is 0 Å². The van der Waals surface area contributed by atoms with Crippen LogP contribution in [0.4, 0.5) is 17.3 Å². The molecule has 1 aromatic carbocycles. The maximum Gasteiger partial charge on any atom is 0.673 e. The molecule has 0 N–H and O–H groups in total. The van der Waals surface area contributed by atoms with Crippen LogP contribution in [0, 0.1) is 0 Å². The summed E-state index contributed by atoms with van der Waals surface area (Å²) in [5, 5.41) is 0.712. The monoisotopic (exact) mass is 598 g/mol. The molecule has 1 atom stereocenters. The largest absolute Gasteiger partial charge is 0.673 e. The highest BCUT2D eigenvalue weighted by Gasteiger charge is 2.28. The Kier molecular flexibility index (Phi) is 24.3. The van der Waals surface area contributed by atoms with Gasteiger partial charge in [-0.05, 0) is 38.3 Å². The van der Waals surface area contributed by atoms with E-state index in [4.69, 9.17) is 16.3 Å². The summed E-state index contributed by atoms with van der Waals surface area (Å²) in [6.07, 6.45) is 23.4. The second-order valence-electron chi connectivity index (χ2n) is 10.1. The van der Waals surface area contributed by atoms with Gasteiger partial charge in [-0.25, -0.2) is 4.79 Å². The Morgan fingerprint density at radius 2 is 1.15 bits per heavy atom. The predicted octanol–water partition coefficient (Wildman–Crippen LogP) is 11.5. The molecule has 0 bridgehead atoms. The summed E-state index contributed by atoms with van der Waals surface area (Å²) in [6.45, 7) is 6.77. The van der Waals surface area contributed by atoms with E-state index in [0.29, 0.717) is 17.2 Å². The molecule has 0 saturated heterocycles. The fourth-order valence-corrected chi connectivity index (χ4v) is 7.19. The molecule has 0 amide bonds. The summed E-state index contributed by atoms with van der Waals surface area (Å²) in [4.78, 5) is 13.6. The maximum absolute atomic E-state index is 12.4. The van der Waals surface area contributed by atoms with Crippen LogP contribution in [0.25, 0.3) is 0 Å².